The fourth-order valence-corrected chi connectivity index (χ4v) is 4.98. The molecule has 1 aliphatic rings. The summed E-state index contributed by atoms with van der Waals surface area (Å²) in [6.45, 7) is 1.46. The summed E-state index contributed by atoms with van der Waals surface area (Å²) in [7, 11) is -1.36. The van der Waals surface area contributed by atoms with Gasteiger partial charge in [0.25, 0.3) is 0 Å². The zero-order chi connectivity index (χ0) is 22.6. The predicted molar refractivity (Wildman–Crippen MR) is 121 cm³/mol. The summed E-state index contributed by atoms with van der Waals surface area (Å²) in [5.41, 5.74) is 3.52. The summed E-state index contributed by atoms with van der Waals surface area (Å²) in [4.78, 5) is 12.9. The second-order valence-corrected chi connectivity index (χ2v) is 10.1. The number of benzene rings is 2. The maximum Gasteiger partial charge on any atom is 0.304 e. The summed E-state index contributed by atoms with van der Waals surface area (Å²) in [6, 6.07) is 11.6. The highest BCUT2D eigenvalue weighted by molar-refractivity contribution is 7.90. The van der Waals surface area contributed by atoms with Crippen LogP contribution in [0, 0.1) is 5.82 Å². The number of fused-ring (bicyclic) bond motifs is 1. The lowest BCUT2D eigenvalue weighted by atomic mass is 9.89. The third-order valence-electron chi connectivity index (χ3n) is 5.67. The molecule has 0 bridgehead atoms. The molecule has 168 valence electrons. The molecule has 0 aliphatic heterocycles. The van der Waals surface area contributed by atoms with E-state index in [0.29, 0.717) is 6.42 Å². The number of carbonyl (C=O) groups is 1. The molecule has 0 spiro atoms. The maximum atomic E-state index is 14.4. The fourth-order valence-electron chi connectivity index (χ4n) is 3.90. The first kappa shape index (κ1) is 23.2. The van der Waals surface area contributed by atoms with Crippen molar-refractivity contribution in [3.8, 4) is 0 Å². The van der Waals surface area contributed by atoms with Gasteiger partial charge in [0.05, 0.1) is 11.7 Å². The van der Waals surface area contributed by atoms with Crippen molar-refractivity contribution in [1.29, 1.82) is 0 Å². The summed E-state index contributed by atoms with van der Waals surface area (Å²) >= 11 is 0. The number of halogens is 1. The van der Waals surface area contributed by atoms with Crippen LogP contribution in [0.4, 0.5) is 10.1 Å². The third kappa shape index (κ3) is 5.25. The van der Waals surface area contributed by atoms with Gasteiger partial charge in [-0.3, -0.25) is 4.79 Å². The normalized spacial score (nSPS) is 14.7. The standard InChI is InChI=1S/C23H30FN3O3S/c1-4-21(19-14-13-17-9-5-6-10-18(17)15-19)25-23(28)16-27(31(29,30)26(2)3)22-12-8-7-11-20(22)24/h7-8,11-15,21H,4-6,9-10,16H2,1-3H3,(H,25,28)/t21-/m0/s1. The van der Waals surface area contributed by atoms with Crippen LogP contribution in [0.5, 0.6) is 0 Å². The molecule has 0 heterocycles. The molecule has 0 radical (unpaired) electrons. The summed E-state index contributed by atoms with van der Waals surface area (Å²) in [5.74, 6) is -1.19. The van der Waals surface area contributed by atoms with E-state index in [-0.39, 0.29) is 11.7 Å². The van der Waals surface area contributed by atoms with E-state index in [9.17, 15) is 17.6 Å². The van der Waals surface area contributed by atoms with Crippen LogP contribution in [0.3, 0.4) is 0 Å². The van der Waals surface area contributed by atoms with Crippen LogP contribution < -0.4 is 9.62 Å². The Morgan fingerprint density at radius 2 is 1.77 bits per heavy atom. The van der Waals surface area contributed by atoms with E-state index in [4.69, 9.17) is 0 Å². The van der Waals surface area contributed by atoms with E-state index >= 15 is 0 Å². The summed E-state index contributed by atoms with van der Waals surface area (Å²) in [5, 5.41) is 2.93. The van der Waals surface area contributed by atoms with Gasteiger partial charge in [-0.05, 0) is 60.9 Å². The van der Waals surface area contributed by atoms with Crippen molar-refractivity contribution in [2.24, 2.45) is 0 Å². The highest BCUT2D eigenvalue weighted by Crippen LogP contribution is 2.27. The van der Waals surface area contributed by atoms with Crippen LogP contribution in [-0.2, 0) is 27.8 Å². The molecule has 8 heteroatoms. The van der Waals surface area contributed by atoms with Gasteiger partial charge in [0.15, 0.2) is 0 Å². The monoisotopic (exact) mass is 447 g/mol. The van der Waals surface area contributed by atoms with Crippen molar-refractivity contribution in [2.75, 3.05) is 24.9 Å². The first-order valence-corrected chi connectivity index (χ1v) is 12.0. The summed E-state index contributed by atoms with van der Waals surface area (Å²) < 4.78 is 41.8. The highest BCUT2D eigenvalue weighted by Gasteiger charge is 2.30. The van der Waals surface area contributed by atoms with Crippen LogP contribution in [0.25, 0.3) is 0 Å². The molecule has 31 heavy (non-hydrogen) atoms. The van der Waals surface area contributed by atoms with Crippen molar-refractivity contribution in [2.45, 2.75) is 45.1 Å². The highest BCUT2D eigenvalue weighted by atomic mass is 32.2. The predicted octanol–water partition coefficient (Wildman–Crippen LogP) is 3.58. The lowest BCUT2D eigenvalue weighted by molar-refractivity contribution is -0.120. The van der Waals surface area contributed by atoms with Gasteiger partial charge in [0, 0.05) is 14.1 Å². The van der Waals surface area contributed by atoms with Crippen LogP contribution in [0.2, 0.25) is 0 Å². The van der Waals surface area contributed by atoms with Crippen molar-refractivity contribution < 1.29 is 17.6 Å². The molecule has 1 atom stereocenters. The van der Waals surface area contributed by atoms with Crippen LogP contribution in [0.15, 0.2) is 42.5 Å². The minimum atomic E-state index is -4.06. The van der Waals surface area contributed by atoms with Gasteiger partial charge in [-0.1, -0.05) is 37.3 Å². The number of nitrogens with one attached hydrogen (secondary N) is 1. The maximum absolute atomic E-state index is 14.4. The summed E-state index contributed by atoms with van der Waals surface area (Å²) in [6.07, 6.45) is 5.14. The van der Waals surface area contributed by atoms with Gasteiger partial charge >= 0.3 is 10.2 Å². The molecule has 0 saturated heterocycles. The lowest BCUT2D eigenvalue weighted by Gasteiger charge is -2.28. The molecule has 2 aromatic carbocycles. The third-order valence-corrected chi connectivity index (χ3v) is 7.47. The Morgan fingerprint density at radius 3 is 2.42 bits per heavy atom. The number of amides is 1. The molecule has 0 saturated carbocycles. The largest absolute Gasteiger partial charge is 0.348 e. The molecule has 0 fully saturated rings. The zero-order valence-electron chi connectivity index (χ0n) is 18.3. The molecule has 0 unspecified atom stereocenters. The molecule has 1 amide bonds. The first-order valence-electron chi connectivity index (χ1n) is 10.6. The van der Waals surface area contributed by atoms with Crippen LogP contribution in [-0.4, -0.2) is 39.3 Å². The second kappa shape index (κ2) is 9.78. The van der Waals surface area contributed by atoms with E-state index in [1.807, 2.05) is 13.0 Å². The molecule has 1 aliphatic carbocycles. The number of carbonyl (C=O) groups excluding carboxylic acids is 1. The number of hydrogen-bond acceptors (Lipinski definition) is 3. The minimum Gasteiger partial charge on any atom is -0.348 e. The number of anilines is 1. The van der Waals surface area contributed by atoms with Crippen LogP contribution in [0.1, 0.15) is 48.9 Å². The number of aryl methyl sites for hydroxylation is 2. The zero-order valence-corrected chi connectivity index (χ0v) is 19.1. The lowest BCUT2D eigenvalue weighted by Crippen LogP contribution is -2.46. The van der Waals surface area contributed by atoms with E-state index in [1.165, 1.54) is 62.3 Å². The molecular formula is C23H30FN3O3S. The Labute approximate surface area is 184 Å². The Kier molecular flexibility index (Phi) is 7.33. The SMILES string of the molecule is CC[C@H](NC(=O)CN(c1ccccc1F)S(=O)(=O)N(C)C)c1ccc2c(c1)CCCC2. The van der Waals surface area contributed by atoms with Gasteiger partial charge in [-0.25, -0.2) is 8.70 Å². The Bertz CT molecular complexity index is 1040. The Balaban J connectivity index is 1.82. The van der Waals surface area contributed by atoms with Crippen molar-refractivity contribution in [1.82, 2.24) is 9.62 Å². The van der Waals surface area contributed by atoms with Crippen molar-refractivity contribution >= 4 is 21.8 Å². The Morgan fingerprint density at radius 1 is 1.10 bits per heavy atom. The number of nitrogens with zero attached hydrogens (tertiary/aromatic N) is 2. The van der Waals surface area contributed by atoms with E-state index in [0.717, 1.165) is 27.0 Å². The minimum absolute atomic E-state index is 0.159. The smallest absolute Gasteiger partial charge is 0.304 e. The topological polar surface area (TPSA) is 69.7 Å². The molecule has 6 nitrogen and oxygen atoms in total. The average molecular weight is 448 g/mol. The Hall–Kier alpha value is -2.45. The van der Waals surface area contributed by atoms with E-state index in [2.05, 4.69) is 17.4 Å². The van der Waals surface area contributed by atoms with Crippen molar-refractivity contribution in [3.05, 3.63) is 65.0 Å². The van der Waals surface area contributed by atoms with E-state index < -0.39 is 28.5 Å². The van der Waals surface area contributed by atoms with Gasteiger partial charge in [-0.2, -0.15) is 12.7 Å². The van der Waals surface area contributed by atoms with Crippen LogP contribution >= 0.6 is 0 Å². The fraction of sp³-hybridized carbons (Fsp3) is 0.435. The molecule has 1 N–H and O–H groups in total. The van der Waals surface area contributed by atoms with Gasteiger partial charge in [-0.15, -0.1) is 0 Å². The molecule has 0 aromatic heterocycles. The van der Waals surface area contributed by atoms with Gasteiger partial charge in [0.2, 0.25) is 5.91 Å². The van der Waals surface area contributed by atoms with E-state index in [1.54, 1.807) is 0 Å². The van der Waals surface area contributed by atoms with Crippen molar-refractivity contribution in [3.63, 3.8) is 0 Å². The average Bonchev–Trinajstić information content (AvgIpc) is 2.76. The molecular weight excluding hydrogens is 417 g/mol. The quantitative estimate of drug-likeness (QED) is 0.672. The second-order valence-electron chi connectivity index (χ2n) is 8.01. The van der Waals surface area contributed by atoms with Gasteiger partial charge in [0.1, 0.15) is 12.4 Å². The number of hydrogen-bond donors (Lipinski definition) is 1. The van der Waals surface area contributed by atoms with Gasteiger partial charge < -0.3 is 5.32 Å². The molecule has 2 aromatic rings. The molecule has 3 rings (SSSR count). The number of para-hydroxylation sites is 1. The first-order chi connectivity index (χ1) is 14.7. The number of rotatable bonds is 8.